The fourth-order valence-electron chi connectivity index (χ4n) is 4.24. The molecule has 0 spiro atoms. The number of urea groups is 1. The second-order valence-electron chi connectivity index (χ2n) is 9.23. The van der Waals surface area contributed by atoms with Crippen LogP contribution in [0.3, 0.4) is 0 Å². The summed E-state index contributed by atoms with van der Waals surface area (Å²) in [5, 5.41) is 16.9. The van der Waals surface area contributed by atoms with Gasteiger partial charge in [-0.05, 0) is 52.7 Å². The first-order valence-electron chi connectivity index (χ1n) is 13.1. The minimum absolute atomic E-state index is 0.0170. The lowest BCUT2D eigenvalue weighted by Crippen LogP contribution is -2.31. The highest BCUT2D eigenvalue weighted by Gasteiger charge is 2.20. The molecule has 0 aliphatic rings. The number of anilines is 3. The van der Waals surface area contributed by atoms with Crippen LogP contribution in [0, 0.1) is 0 Å². The summed E-state index contributed by atoms with van der Waals surface area (Å²) < 4.78 is 16.5. The topological polar surface area (TPSA) is 148 Å². The van der Waals surface area contributed by atoms with E-state index in [1.807, 2.05) is 36.4 Å². The molecule has 0 bridgehead atoms. The molecule has 3 N–H and O–H groups in total. The standard InChI is InChI=1S/C31H28N6O6/c1-41-23-14-11-20(12-15-23)18-37(19-27(38)39)29-33-28(34-30(40)32-25-9-5-6-10-26(25)42-2)35-31(36-29)43-24-16-13-21-7-3-4-8-22(21)17-24/h3-17H,18-19H2,1-2H3,(H,38,39)(H2,32,33,34,35,36,40). The molecule has 2 amide bonds. The normalized spacial score (nSPS) is 10.6. The molecule has 1 heterocycles. The van der Waals surface area contributed by atoms with Crippen LogP contribution in [0.25, 0.3) is 10.8 Å². The SMILES string of the molecule is COc1ccc(CN(CC(=O)O)c2nc(NC(=O)Nc3ccccc3OC)nc(Oc3ccc4ccccc4c3)n2)cc1. The van der Waals surface area contributed by atoms with E-state index < -0.39 is 18.5 Å². The van der Waals surface area contributed by atoms with Crippen LogP contribution in [0.15, 0.2) is 91.0 Å². The number of rotatable bonds is 11. The van der Waals surface area contributed by atoms with Gasteiger partial charge < -0.3 is 29.5 Å². The van der Waals surface area contributed by atoms with Crippen LogP contribution in [-0.4, -0.2) is 52.8 Å². The van der Waals surface area contributed by atoms with E-state index in [0.717, 1.165) is 16.3 Å². The largest absolute Gasteiger partial charge is 0.497 e. The molecule has 1 aromatic heterocycles. The Balaban J connectivity index is 1.48. The molecule has 5 rings (SSSR count). The Morgan fingerprint density at radius 1 is 0.791 bits per heavy atom. The number of amides is 2. The van der Waals surface area contributed by atoms with Crippen molar-refractivity contribution >= 4 is 40.4 Å². The Labute approximate surface area is 246 Å². The highest BCUT2D eigenvalue weighted by Crippen LogP contribution is 2.27. The first kappa shape index (κ1) is 28.6. The van der Waals surface area contributed by atoms with E-state index in [9.17, 15) is 14.7 Å². The number of aliphatic carboxylic acids is 1. The predicted molar refractivity (Wildman–Crippen MR) is 161 cm³/mol. The van der Waals surface area contributed by atoms with Gasteiger partial charge in [-0.15, -0.1) is 0 Å². The number of fused-ring (bicyclic) bond motifs is 1. The quantitative estimate of drug-likeness (QED) is 0.181. The van der Waals surface area contributed by atoms with Gasteiger partial charge in [-0.1, -0.05) is 54.6 Å². The smallest absolute Gasteiger partial charge is 0.328 e. The lowest BCUT2D eigenvalue weighted by molar-refractivity contribution is -0.135. The van der Waals surface area contributed by atoms with Crippen LogP contribution in [-0.2, 0) is 11.3 Å². The molecule has 0 atom stereocenters. The molecule has 12 nitrogen and oxygen atoms in total. The fourth-order valence-corrected chi connectivity index (χ4v) is 4.24. The predicted octanol–water partition coefficient (Wildman–Crippen LogP) is 5.57. The first-order chi connectivity index (χ1) is 20.9. The van der Waals surface area contributed by atoms with Gasteiger partial charge in [0.1, 0.15) is 23.8 Å². The maximum atomic E-state index is 12.9. The summed E-state index contributed by atoms with van der Waals surface area (Å²) in [7, 11) is 3.05. The third-order valence-electron chi connectivity index (χ3n) is 6.26. The third-order valence-corrected chi connectivity index (χ3v) is 6.26. The van der Waals surface area contributed by atoms with Gasteiger partial charge in [0, 0.05) is 6.54 Å². The van der Waals surface area contributed by atoms with Crippen molar-refractivity contribution in [2.75, 3.05) is 36.3 Å². The fraction of sp³-hybridized carbons (Fsp3) is 0.129. The molecule has 0 saturated heterocycles. The van der Waals surface area contributed by atoms with Crippen molar-refractivity contribution in [2.24, 2.45) is 0 Å². The van der Waals surface area contributed by atoms with E-state index in [2.05, 4.69) is 25.6 Å². The number of para-hydroxylation sites is 2. The van der Waals surface area contributed by atoms with Gasteiger partial charge >= 0.3 is 18.0 Å². The molecular formula is C31H28N6O6. The Kier molecular flexibility index (Phi) is 8.76. The number of ether oxygens (including phenoxy) is 3. The number of benzene rings is 4. The van der Waals surface area contributed by atoms with Gasteiger partial charge in [-0.25, -0.2) is 4.79 Å². The molecule has 218 valence electrons. The second-order valence-corrected chi connectivity index (χ2v) is 9.23. The number of hydrogen-bond donors (Lipinski definition) is 3. The maximum absolute atomic E-state index is 12.9. The summed E-state index contributed by atoms with van der Waals surface area (Å²) in [4.78, 5) is 39.3. The maximum Gasteiger partial charge on any atom is 0.328 e. The number of carbonyl (C=O) groups is 2. The molecule has 0 unspecified atom stereocenters. The second kappa shape index (κ2) is 13.2. The molecule has 0 saturated carbocycles. The number of nitrogens with one attached hydrogen (secondary N) is 2. The van der Waals surface area contributed by atoms with Crippen LogP contribution in [0.2, 0.25) is 0 Å². The summed E-state index contributed by atoms with van der Waals surface area (Å²) in [5.74, 6) is 0.290. The highest BCUT2D eigenvalue weighted by atomic mass is 16.5. The summed E-state index contributed by atoms with van der Waals surface area (Å²) in [6.45, 7) is -0.291. The Hall–Kier alpha value is -5.91. The Morgan fingerprint density at radius 3 is 2.26 bits per heavy atom. The van der Waals surface area contributed by atoms with Gasteiger partial charge in [0.2, 0.25) is 11.9 Å². The minimum Gasteiger partial charge on any atom is -0.497 e. The number of hydrogen-bond acceptors (Lipinski definition) is 9. The number of aromatic nitrogens is 3. The van der Waals surface area contributed by atoms with E-state index >= 15 is 0 Å². The number of carboxylic acids is 1. The average molecular weight is 581 g/mol. The van der Waals surface area contributed by atoms with Crippen molar-refractivity contribution < 1.29 is 28.9 Å². The van der Waals surface area contributed by atoms with Gasteiger partial charge in [0.25, 0.3) is 0 Å². The third kappa shape index (κ3) is 7.44. The number of methoxy groups -OCH3 is 2. The monoisotopic (exact) mass is 580 g/mol. The average Bonchev–Trinajstić information content (AvgIpc) is 3.01. The molecule has 5 aromatic rings. The number of carboxylic acid groups (broad SMARTS) is 1. The minimum atomic E-state index is -1.10. The lowest BCUT2D eigenvalue weighted by Gasteiger charge is -2.21. The molecular weight excluding hydrogens is 552 g/mol. The summed E-state index contributed by atoms with van der Waals surface area (Å²) in [6.07, 6.45) is 0. The molecule has 0 aliphatic heterocycles. The number of carbonyl (C=O) groups excluding carboxylic acids is 1. The Morgan fingerprint density at radius 2 is 1.51 bits per heavy atom. The zero-order chi connectivity index (χ0) is 30.2. The van der Waals surface area contributed by atoms with Crippen molar-refractivity contribution in [1.82, 2.24) is 15.0 Å². The molecule has 0 fully saturated rings. The van der Waals surface area contributed by atoms with Crippen molar-refractivity contribution in [1.29, 1.82) is 0 Å². The first-order valence-corrected chi connectivity index (χ1v) is 13.1. The molecule has 4 aromatic carbocycles. The van der Waals surface area contributed by atoms with Crippen molar-refractivity contribution in [3.63, 3.8) is 0 Å². The van der Waals surface area contributed by atoms with E-state index in [1.165, 1.54) is 12.0 Å². The van der Waals surface area contributed by atoms with Gasteiger partial charge in [-0.2, -0.15) is 15.0 Å². The summed E-state index contributed by atoms with van der Waals surface area (Å²) in [5.41, 5.74) is 1.21. The van der Waals surface area contributed by atoms with Crippen LogP contribution in [0.1, 0.15) is 5.56 Å². The van der Waals surface area contributed by atoms with Crippen LogP contribution in [0.5, 0.6) is 23.3 Å². The molecule has 0 radical (unpaired) electrons. The zero-order valence-corrected chi connectivity index (χ0v) is 23.4. The highest BCUT2D eigenvalue weighted by molar-refractivity contribution is 5.99. The van der Waals surface area contributed by atoms with E-state index in [1.54, 1.807) is 61.7 Å². The molecule has 0 aliphatic carbocycles. The van der Waals surface area contributed by atoms with Crippen LogP contribution < -0.4 is 29.7 Å². The van der Waals surface area contributed by atoms with Gasteiger partial charge in [0.05, 0.1) is 19.9 Å². The van der Waals surface area contributed by atoms with Crippen LogP contribution in [0.4, 0.5) is 22.4 Å². The lowest BCUT2D eigenvalue weighted by atomic mass is 10.1. The number of nitrogens with zero attached hydrogens (tertiary/aromatic N) is 4. The zero-order valence-electron chi connectivity index (χ0n) is 23.4. The van der Waals surface area contributed by atoms with Crippen LogP contribution >= 0.6 is 0 Å². The van der Waals surface area contributed by atoms with Crippen molar-refractivity contribution in [3.8, 4) is 23.3 Å². The van der Waals surface area contributed by atoms with Crippen molar-refractivity contribution in [2.45, 2.75) is 6.54 Å². The van der Waals surface area contributed by atoms with E-state index in [0.29, 0.717) is 22.9 Å². The van der Waals surface area contributed by atoms with Gasteiger partial charge in [0.15, 0.2) is 0 Å². The van der Waals surface area contributed by atoms with E-state index in [-0.39, 0.29) is 24.5 Å². The van der Waals surface area contributed by atoms with Crippen molar-refractivity contribution in [3.05, 3.63) is 96.6 Å². The molecule has 12 heteroatoms. The molecule has 43 heavy (non-hydrogen) atoms. The van der Waals surface area contributed by atoms with Gasteiger partial charge in [-0.3, -0.25) is 10.1 Å². The van der Waals surface area contributed by atoms with E-state index in [4.69, 9.17) is 14.2 Å². The summed E-state index contributed by atoms with van der Waals surface area (Å²) >= 11 is 0. The Bertz CT molecular complexity index is 1750. The summed E-state index contributed by atoms with van der Waals surface area (Å²) in [6, 6.07) is 26.5.